The number of allylic oxidation sites excluding steroid dienone is 2. The number of hydrogen-bond donors (Lipinski definition) is 0. The van der Waals surface area contributed by atoms with Gasteiger partial charge in [0.2, 0.25) is 0 Å². The van der Waals surface area contributed by atoms with Gasteiger partial charge in [-0.3, -0.25) is 4.79 Å². The number of carbonyl (C=O) groups is 1. The van der Waals surface area contributed by atoms with E-state index in [1.807, 2.05) is 0 Å². The predicted molar refractivity (Wildman–Crippen MR) is 224 cm³/mol. The lowest BCUT2D eigenvalue weighted by molar-refractivity contribution is -0.140. The van der Waals surface area contributed by atoms with Gasteiger partial charge in [-0.25, -0.2) is 0 Å². The Hall–Kier alpha value is -1.71. The zero-order valence-corrected chi connectivity index (χ0v) is 39.3. The topological polar surface area (TPSA) is 63.2 Å². The van der Waals surface area contributed by atoms with Crippen LogP contribution in [0.3, 0.4) is 0 Å². The van der Waals surface area contributed by atoms with E-state index in [1.165, 1.54) is 13.2 Å². The van der Waals surface area contributed by atoms with Crippen LogP contribution in [0.15, 0.2) is 48.6 Å². The van der Waals surface area contributed by atoms with Gasteiger partial charge in [0.05, 0.1) is 31.0 Å². The predicted octanol–water partition coefficient (Wildman–Crippen LogP) is 12.7. The van der Waals surface area contributed by atoms with Crippen molar-refractivity contribution in [1.29, 1.82) is 0 Å². The zero-order valence-electron chi connectivity index (χ0n) is 36.3. The van der Waals surface area contributed by atoms with Gasteiger partial charge in [0.15, 0.2) is 25.0 Å². The fourth-order valence-corrected chi connectivity index (χ4v) is 9.75. The smallest absolute Gasteiger partial charge is 0.416 e. The first-order chi connectivity index (χ1) is 24.4. The minimum Gasteiger partial charge on any atom is -0.491 e. The van der Waals surface area contributed by atoms with Gasteiger partial charge < -0.3 is 22.8 Å². The third-order valence-corrected chi connectivity index (χ3v) is 25.8. The first-order valence-electron chi connectivity index (χ1n) is 19.7. The van der Waals surface area contributed by atoms with E-state index in [-0.39, 0.29) is 57.5 Å². The van der Waals surface area contributed by atoms with Crippen LogP contribution in [-0.2, 0) is 29.0 Å². The summed E-state index contributed by atoms with van der Waals surface area (Å²) in [7, 11) is -5.30. The van der Waals surface area contributed by atoms with Crippen LogP contribution < -0.4 is 4.74 Å². The average molecular weight is 815 g/mol. The quantitative estimate of drug-likeness (QED) is 0.0675. The van der Waals surface area contributed by atoms with Gasteiger partial charge in [0.25, 0.3) is 0 Å². The second-order valence-electron chi connectivity index (χ2n) is 19.6. The number of alkyl halides is 3. The van der Waals surface area contributed by atoms with Crippen LogP contribution in [0.5, 0.6) is 5.75 Å². The van der Waals surface area contributed by atoms with E-state index in [4.69, 9.17) is 22.8 Å². The number of hydrogen-bond acceptors (Lipinski definition) is 6. The Morgan fingerprint density at radius 2 is 1.39 bits per heavy atom. The van der Waals surface area contributed by atoms with Crippen molar-refractivity contribution in [3.8, 4) is 5.75 Å². The third-order valence-electron chi connectivity index (χ3n) is 12.3. The van der Waals surface area contributed by atoms with E-state index >= 15 is 0 Å². The van der Waals surface area contributed by atoms with Crippen molar-refractivity contribution in [3.05, 3.63) is 54.1 Å². The van der Waals surface area contributed by atoms with E-state index in [0.717, 1.165) is 37.8 Å². The van der Waals surface area contributed by atoms with E-state index in [9.17, 15) is 18.0 Å². The first kappa shape index (κ1) is 48.4. The van der Waals surface area contributed by atoms with Crippen LogP contribution >= 0.6 is 0 Å². The molecule has 0 N–H and O–H groups in total. The molecule has 1 saturated carbocycles. The SMILES string of the molecule is COC(=O)CCCC=CC[C@@H]1[C@@H](C=CC(COc2cccc(C(F)(F)F)c2)O[Si](C)(C)C(C)(C)C)[C@H](O[Si](C)(C)C(C)(C)C)C[C@@H]1O[Si](C)(C)C(C)(C)C. The van der Waals surface area contributed by atoms with E-state index in [1.54, 1.807) is 6.07 Å². The molecule has 0 aromatic heterocycles. The minimum absolute atomic E-state index is 0.00144. The van der Waals surface area contributed by atoms with Gasteiger partial charge in [-0.15, -0.1) is 0 Å². The molecule has 1 aromatic carbocycles. The summed E-state index contributed by atoms with van der Waals surface area (Å²) in [5.74, 6) is 0.0528. The standard InChI is InChI=1S/C42H73F3O6Si3/c1-39(2,3)52(11,12)49-33(30-48-32-23-21-22-31(28-32)42(43,44)45)26-27-35-34(24-19-17-18-20-25-38(46)47-10)36(50-53(13,14)40(4,5)6)29-37(35)51-54(15,16)41(7,8)9/h17,19,21-23,26-28,33-37H,18,20,24-25,29-30H2,1-16H3/t33?,34-,35-,36+,37-/m1/s1. The number of rotatable bonds is 17. The van der Waals surface area contributed by atoms with E-state index < -0.39 is 42.8 Å². The third kappa shape index (κ3) is 14.0. The maximum atomic E-state index is 13.5. The molecule has 0 heterocycles. The molecule has 0 spiro atoms. The molecule has 5 atom stereocenters. The minimum atomic E-state index is -4.47. The van der Waals surface area contributed by atoms with Gasteiger partial charge in [-0.1, -0.05) is 92.7 Å². The van der Waals surface area contributed by atoms with Crippen molar-refractivity contribution in [3.63, 3.8) is 0 Å². The normalized spacial score (nSPS) is 21.6. The van der Waals surface area contributed by atoms with Gasteiger partial charge in [0, 0.05) is 12.3 Å². The summed E-state index contributed by atoms with van der Waals surface area (Å²) in [4.78, 5) is 11.7. The highest BCUT2D eigenvalue weighted by atomic mass is 28.4. The van der Waals surface area contributed by atoms with Gasteiger partial charge >= 0.3 is 12.1 Å². The van der Waals surface area contributed by atoms with Crippen molar-refractivity contribution in [1.82, 2.24) is 0 Å². The Labute approximate surface area is 329 Å². The van der Waals surface area contributed by atoms with Crippen molar-refractivity contribution in [2.24, 2.45) is 11.8 Å². The Morgan fingerprint density at radius 1 is 0.833 bits per heavy atom. The fraction of sp³-hybridized carbons (Fsp3) is 0.738. The largest absolute Gasteiger partial charge is 0.491 e. The fourth-order valence-electron chi connectivity index (χ4n) is 5.75. The Morgan fingerprint density at radius 3 is 1.91 bits per heavy atom. The molecule has 1 aliphatic rings. The highest BCUT2D eigenvalue weighted by Gasteiger charge is 2.50. The summed E-state index contributed by atoms with van der Waals surface area (Å²) in [6.07, 6.45) is 7.01. The van der Waals surface area contributed by atoms with Crippen molar-refractivity contribution >= 4 is 30.9 Å². The van der Waals surface area contributed by atoms with Crippen LogP contribution in [-0.4, -0.2) is 63.0 Å². The molecule has 1 aromatic rings. The summed E-state index contributed by atoms with van der Waals surface area (Å²) >= 11 is 0. The molecule has 0 amide bonds. The van der Waals surface area contributed by atoms with E-state index in [2.05, 4.69) is 126 Å². The summed E-state index contributed by atoms with van der Waals surface area (Å²) in [5, 5.41) is -0.0742. The van der Waals surface area contributed by atoms with Crippen molar-refractivity contribution in [2.45, 2.75) is 173 Å². The Kier molecular flexibility index (Phi) is 16.8. The summed E-state index contributed by atoms with van der Waals surface area (Å²) < 4.78 is 72.9. The van der Waals surface area contributed by atoms with Gasteiger partial charge in [-0.05, 0) is 104 Å². The maximum Gasteiger partial charge on any atom is 0.416 e. The highest BCUT2D eigenvalue weighted by Crippen LogP contribution is 2.48. The first-order valence-corrected chi connectivity index (χ1v) is 28.4. The second kappa shape index (κ2) is 18.7. The molecule has 0 bridgehead atoms. The van der Waals surface area contributed by atoms with Gasteiger partial charge in [-0.2, -0.15) is 13.2 Å². The number of methoxy groups -OCH3 is 1. The zero-order chi connectivity index (χ0) is 41.6. The number of carbonyl (C=O) groups excluding carboxylic acids is 1. The maximum absolute atomic E-state index is 13.5. The van der Waals surface area contributed by atoms with Crippen LogP contribution in [0.1, 0.15) is 100.0 Å². The number of unbranched alkanes of at least 4 members (excludes halogenated alkanes) is 1. The Balaban J connectivity index is 2.62. The second-order valence-corrected chi connectivity index (χ2v) is 33.9. The molecule has 12 heteroatoms. The molecule has 1 unspecified atom stereocenters. The molecule has 54 heavy (non-hydrogen) atoms. The molecule has 0 saturated heterocycles. The molecule has 1 aliphatic carbocycles. The lowest BCUT2D eigenvalue weighted by Crippen LogP contribution is -2.45. The van der Waals surface area contributed by atoms with Crippen molar-refractivity contribution < 1.29 is 40.7 Å². The molecular weight excluding hydrogens is 742 g/mol. The number of esters is 1. The number of benzene rings is 1. The molecular formula is C42H73F3O6Si3. The van der Waals surface area contributed by atoms with E-state index in [0.29, 0.717) is 6.42 Å². The molecule has 6 nitrogen and oxygen atoms in total. The number of halogens is 3. The highest BCUT2D eigenvalue weighted by molar-refractivity contribution is 6.75. The summed E-state index contributed by atoms with van der Waals surface area (Å²) in [5.41, 5.74) is -0.747. The monoisotopic (exact) mass is 814 g/mol. The lowest BCUT2D eigenvalue weighted by atomic mass is 9.89. The summed E-state index contributed by atoms with van der Waals surface area (Å²) in [6.45, 7) is 33.7. The molecule has 0 radical (unpaired) electrons. The molecule has 310 valence electrons. The average Bonchev–Trinajstić information content (AvgIpc) is 3.31. The van der Waals surface area contributed by atoms with Crippen LogP contribution in [0.2, 0.25) is 54.4 Å². The molecule has 0 aliphatic heterocycles. The molecule has 2 rings (SSSR count). The summed E-state index contributed by atoms with van der Waals surface area (Å²) in [6, 6.07) is 5.02. The van der Waals surface area contributed by atoms with Crippen LogP contribution in [0.4, 0.5) is 13.2 Å². The molecule has 1 fully saturated rings. The lowest BCUT2D eigenvalue weighted by Gasteiger charge is -2.40. The van der Waals surface area contributed by atoms with Crippen LogP contribution in [0, 0.1) is 11.8 Å². The van der Waals surface area contributed by atoms with Crippen LogP contribution in [0.25, 0.3) is 0 Å². The van der Waals surface area contributed by atoms with Gasteiger partial charge in [0.1, 0.15) is 12.4 Å². The number of ether oxygens (including phenoxy) is 2. The van der Waals surface area contributed by atoms with Crippen molar-refractivity contribution in [2.75, 3.05) is 13.7 Å². The Bertz CT molecular complexity index is 1400.